The molecule has 0 amide bonds. The molecule has 6 aromatic carbocycles. The quantitative estimate of drug-likeness (QED) is 0.224. The largest absolute Gasteiger partial charge is 0.456 e. The first-order valence-electron chi connectivity index (χ1n) is 14.8. The summed E-state index contributed by atoms with van der Waals surface area (Å²) in [5.41, 5.74) is 9.49. The first-order chi connectivity index (χ1) is 21.8. The molecule has 44 heavy (non-hydrogen) atoms. The molecule has 9 aromatic rings. The van der Waals surface area contributed by atoms with Crippen LogP contribution < -0.4 is 10.2 Å². The average Bonchev–Trinajstić information content (AvgIpc) is 3.76. The molecule has 0 saturated carbocycles. The highest BCUT2D eigenvalue weighted by Gasteiger charge is 2.20. The van der Waals surface area contributed by atoms with E-state index in [1.54, 1.807) is 0 Å². The van der Waals surface area contributed by atoms with Gasteiger partial charge in [0.05, 0.1) is 0 Å². The van der Waals surface area contributed by atoms with Gasteiger partial charge in [-0.25, -0.2) is 0 Å². The summed E-state index contributed by atoms with van der Waals surface area (Å²) < 4.78 is 15.0. The minimum Gasteiger partial charge on any atom is -0.456 e. The van der Waals surface area contributed by atoms with Crippen LogP contribution in [-0.2, 0) is 6.54 Å². The number of hydrogen-bond acceptors (Lipinski definition) is 5. The van der Waals surface area contributed by atoms with Crippen molar-refractivity contribution in [2.75, 3.05) is 4.90 Å². The smallest absolute Gasteiger partial charge is 0.135 e. The standard InChI is InChI=1S/C39H24N2O2S/c1-3-7-34-27(5-1)30-19-24(10-14-36(30)42-34)41(25-11-15-37-31(20-25)28-6-2-4-8-35(28)43-37)26-12-16-38-32(21-26)29-13-9-23-17-18-40-22-33(23)39(29)44-38/h1-21,40H,22H2. The number of rotatable bonds is 3. The molecule has 1 aliphatic heterocycles. The summed E-state index contributed by atoms with van der Waals surface area (Å²) in [5.74, 6) is 0. The van der Waals surface area contributed by atoms with Gasteiger partial charge in [-0.05, 0) is 90.1 Å². The molecule has 0 atom stereocenters. The van der Waals surface area contributed by atoms with Crippen molar-refractivity contribution >= 4 is 98.5 Å². The van der Waals surface area contributed by atoms with Gasteiger partial charge in [-0.1, -0.05) is 48.5 Å². The van der Waals surface area contributed by atoms with Gasteiger partial charge in [0.15, 0.2) is 0 Å². The van der Waals surface area contributed by atoms with E-state index < -0.39 is 0 Å². The fourth-order valence-electron chi connectivity index (χ4n) is 6.84. The summed E-state index contributed by atoms with van der Waals surface area (Å²) in [6.45, 7) is 0.853. The topological polar surface area (TPSA) is 41.6 Å². The molecular weight excluding hydrogens is 561 g/mol. The van der Waals surface area contributed by atoms with Crippen molar-refractivity contribution in [2.24, 2.45) is 0 Å². The van der Waals surface area contributed by atoms with Crippen LogP contribution in [0.2, 0.25) is 0 Å². The summed E-state index contributed by atoms with van der Waals surface area (Å²) in [7, 11) is 0. The van der Waals surface area contributed by atoms with Gasteiger partial charge in [-0.3, -0.25) is 0 Å². The molecule has 208 valence electrons. The summed E-state index contributed by atoms with van der Waals surface area (Å²) in [6.07, 6.45) is 4.21. The summed E-state index contributed by atoms with van der Waals surface area (Å²) in [6, 6.07) is 40.9. The van der Waals surface area contributed by atoms with Crippen LogP contribution in [0.25, 0.3) is 70.1 Å². The molecule has 4 nitrogen and oxygen atoms in total. The Morgan fingerprint density at radius 3 is 1.82 bits per heavy atom. The summed E-state index contributed by atoms with van der Waals surface area (Å²) in [4.78, 5) is 2.36. The average molecular weight is 585 g/mol. The maximum atomic E-state index is 6.20. The van der Waals surface area contributed by atoms with E-state index in [1.807, 2.05) is 41.8 Å². The predicted molar refractivity (Wildman–Crippen MR) is 184 cm³/mol. The molecule has 10 rings (SSSR count). The molecule has 0 spiro atoms. The van der Waals surface area contributed by atoms with E-state index in [2.05, 4.69) is 107 Å². The Morgan fingerprint density at radius 1 is 0.545 bits per heavy atom. The highest BCUT2D eigenvalue weighted by atomic mass is 32.1. The Hall–Kier alpha value is -5.52. The summed E-state index contributed by atoms with van der Waals surface area (Å²) in [5, 5.41) is 10.4. The van der Waals surface area contributed by atoms with Crippen LogP contribution in [0.3, 0.4) is 0 Å². The van der Waals surface area contributed by atoms with Gasteiger partial charge in [-0.15, -0.1) is 11.3 Å². The molecule has 1 aliphatic rings. The Bertz CT molecular complexity index is 2520. The number of hydrogen-bond donors (Lipinski definition) is 1. The minimum absolute atomic E-state index is 0.853. The zero-order chi connectivity index (χ0) is 28.8. The number of anilines is 3. The zero-order valence-electron chi connectivity index (χ0n) is 23.5. The van der Waals surface area contributed by atoms with Gasteiger partial charge in [-0.2, -0.15) is 0 Å². The van der Waals surface area contributed by atoms with E-state index in [0.29, 0.717) is 0 Å². The summed E-state index contributed by atoms with van der Waals surface area (Å²) >= 11 is 1.88. The maximum Gasteiger partial charge on any atom is 0.135 e. The molecule has 0 aliphatic carbocycles. The number of thiophene rings is 1. The van der Waals surface area contributed by atoms with Crippen molar-refractivity contribution in [3.8, 4) is 0 Å². The number of nitrogens with one attached hydrogen (secondary N) is 1. The van der Waals surface area contributed by atoms with E-state index in [-0.39, 0.29) is 0 Å². The second kappa shape index (κ2) is 8.99. The van der Waals surface area contributed by atoms with Crippen molar-refractivity contribution in [2.45, 2.75) is 6.54 Å². The fraction of sp³-hybridized carbons (Fsp3) is 0.0256. The molecule has 0 bridgehead atoms. The van der Waals surface area contributed by atoms with E-state index >= 15 is 0 Å². The fourth-order valence-corrected chi connectivity index (χ4v) is 8.08. The zero-order valence-corrected chi connectivity index (χ0v) is 24.3. The van der Waals surface area contributed by atoms with Crippen molar-refractivity contribution in [3.63, 3.8) is 0 Å². The maximum absolute atomic E-state index is 6.20. The Labute approximate surface area is 256 Å². The molecule has 1 N–H and O–H groups in total. The van der Waals surface area contributed by atoms with Gasteiger partial charge in [0, 0.05) is 65.3 Å². The van der Waals surface area contributed by atoms with Crippen molar-refractivity contribution in [1.82, 2.24) is 5.32 Å². The van der Waals surface area contributed by atoms with Crippen LogP contribution >= 0.6 is 11.3 Å². The predicted octanol–water partition coefficient (Wildman–Crippen LogP) is 11.4. The number of para-hydroxylation sites is 2. The van der Waals surface area contributed by atoms with Gasteiger partial charge in [0.1, 0.15) is 22.3 Å². The van der Waals surface area contributed by atoms with Crippen LogP contribution in [0.1, 0.15) is 11.1 Å². The van der Waals surface area contributed by atoms with Crippen LogP contribution in [0.5, 0.6) is 0 Å². The third-order valence-electron chi connectivity index (χ3n) is 8.92. The van der Waals surface area contributed by atoms with Crippen LogP contribution in [-0.4, -0.2) is 0 Å². The molecule has 4 heterocycles. The van der Waals surface area contributed by atoms with Crippen molar-refractivity contribution < 1.29 is 8.83 Å². The van der Waals surface area contributed by atoms with E-state index in [9.17, 15) is 0 Å². The SMILES string of the molecule is C1=Cc2ccc3c(sc4ccc(N(c5ccc6oc7ccccc7c6c5)c5ccc6oc7ccccc7c6c5)cc43)c2CN1. The molecule has 5 heteroatoms. The van der Waals surface area contributed by atoms with E-state index in [1.165, 1.54) is 31.3 Å². The molecule has 0 unspecified atom stereocenters. The lowest BCUT2D eigenvalue weighted by atomic mass is 10.0. The number of fused-ring (bicyclic) bond motifs is 11. The Balaban J connectivity index is 1.23. The van der Waals surface area contributed by atoms with Crippen molar-refractivity contribution in [1.29, 1.82) is 0 Å². The molecule has 0 radical (unpaired) electrons. The van der Waals surface area contributed by atoms with E-state index in [4.69, 9.17) is 8.83 Å². The lowest BCUT2D eigenvalue weighted by Gasteiger charge is -2.26. The van der Waals surface area contributed by atoms with Gasteiger partial charge in [0.25, 0.3) is 0 Å². The molecule has 0 saturated heterocycles. The van der Waals surface area contributed by atoms with Gasteiger partial charge >= 0.3 is 0 Å². The van der Waals surface area contributed by atoms with Gasteiger partial charge in [0.2, 0.25) is 0 Å². The minimum atomic E-state index is 0.853. The Kier molecular flexibility index (Phi) is 4.90. The van der Waals surface area contributed by atoms with Crippen LogP contribution in [0.15, 0.2) is 130 Å². The first-order valence-corrected chi connectivity index (χ1v) is 15.6. The Morgan fingerprint density at radius 2 is 1.14 bits per heavy atom. The van der Waals surface area contributed by atoms with Crippen LogP contribution in [0, 0.1) is 0 Å². The third kappa shape index (κ3) is 3.44. The number of nitrogens with zero attached hydrogens (tertiary/aromatic N) is 1. The first kappa shape index (κ1) is 24.0. The van der Waals surface area contributed by atoms with Crippen LogP contribution in [0.4, 0.5) is 17.1 Å². The number of furan rings is 2. The third-order valence-corrected chi connectivity index (χ3v) is 10.2. The molecular formula is C39H24N2O2S. The second-order valence-electron chi connectivity index (χ2n) is 11.4. The van der Waals surface area contributed by atoms with Gasteiger partial charge < -0.3 is 19.1 Å². The highest BCUT2D eigenvalue weighted by molar-refractivity contribution is 7.26. The van der Waals surface area contributed by atoms with E-state index in [0.717, 1.165) is 67.5 Å². The lowest BCUT2D eigenvalue weighted by molar-refractivity contribution is 0.668. The second-order valence-corrected chi connectivity index (χ2v) is 12.5. The van der Waals surface area contributed by atoms with Crippen molar-refractivity contribution in [3.05, 3.63) is 133 Å². The number of benzene rings is 6. The highest BCUT2D eigenvalue weighted by Crippen LogP contribution is 2.44. The monoisotopic (exact) mass is 584 g/mol. The molecule has 0 fully saturated rings. The molecule has 3 aromatic heterocycles. The normalized spacial score (nSPS) is 13.0. The lowest BCUT2D eigenvalue weighted by Crippen LogP contribution is -2.10.